The van der Waals surface area contributed by atoms with Crippen molar-refractivity contribution in [1.82, 2.24) is 4.98 Å². The van der Waals surface area contributed by atoms with Gasteiger partial charge in [-0.05, 0) is 30.1 Å². The number of piperidine rings is 1. The lowest BCUT2D eigenvalue weighted by Gasteiger charge is -2.36. The van der Waals surface area contributed by atoms with Crippen molar-refractivity contribution < 1.29 is 14.8 Å². The van der Waals surface area contributed by atoms with Crippen LogP contribution in [0.2, 0.25) is 0 Å². The van der Waals surface area contributed by atoms with Gasteiger partial charge in [-0.15, -0.1) is 0 Å². The van der Waals surface area contributed by atoms with Gasteiger partial charge < -0.3 is 10.0 Å². The zero-order valence-electron chi connectivity index (χ0n) is 9.78. The number of carboxylic acids is 1. The minimum Gasteiger partial charge on any atom is -0.480 e. The summed E-state index contributed by atoms with van der Waals surface area (Å²) in [6, 6.07) is -0.649. The average molecular weight is 271 g/mol. The van der Waals surface area contributed by atoms with Gasteiger partial charge in [0, 0.05) is 6.54 Å². The molecule has 1 aromatic rings. The second kappa shape index (κ2) is 4.89. The second-order valence-corrected chi connectivity index (χ2v) is 5.32. The molecule has 98 valence electrons. The van der Waals surface area contributed by atoms with Crippen molar-refractivity contribution in [3.8, 4) is 0 Å². The molecule has 18 heavy (non-hydrogen) atoms. The maximum atomic E-state index is 11.3. The normalized spacial score (nSPS) is 23.9. The standard InChI is InChI=1S/C10H13N3O4S/c1-6-3-2-4-12(8(6)9(14)15)10-11-5-7(18-10)13(16)17/h5-6,8H,2-4H2,1H3,(H,14,15). The number of aliphatic carboxylic acids is 1. The Morgan fingerprint density at radius 3 is 3.00 bits per heavy atom. The van der Waals surface area contributed by atoms with E-state index in [0.717, 1.165) is 24.2 Å². The predicted molar refractivity (Wildman–Crippen MR) is 65.9 cm³/mol. The molecule has 2 heterocycles. The van der Waals surface area contributed by atoms with Crippen molar-refractivity contribution in [3.05, 3.63) is 16.3 Å². The van der Waals surface area contributed by atoms with Crippen LogP contribution in [0.1, 0.15) is 19.8 Å². The summed E-state index contributed by atoms with van der Waals surface area (Å²) < 4.78 is 0. The quantitative estimate of drug-likeness (QED) is 0.664. The van der Waals surface area contributed by atoms with Crippen molar-refractivity contribution in [3.63, 3.8) is 0 Å². The van der Waals surface area contributed by atoms with E-state index < -0.39 is 16.9 Å². The molecule has 8 heteroatoms. The average Bonchev–Trinajstić information content (AvgIpc) is 2.77. The van der Waals surface area contributed by atoms with E-state index in [0.29, 0.717) is 11.7 Å². The summed E-state index contributed by atoms with van der Waals surface area (Å²) in [6.07, 6.45) is 2.90. The highest BCUT2D eigenvalue weighted by Crippen LogP contribution is 2.34. The highest BCUT2D eigenvalue weighted by Gasteiger charge is 2.36. The van der Waals surface area contributed by atoms with Gasteiger partial charge >= 0.3 is 11.0 Å². The Morgan fingerprint density at radius 2 is 2.44 bits per heavy atom. The fourth-order valence-electron chi connectivity index (χ4n) is 2.25. The largest absolute Gasteiger partial charge is 0.480 e. The summed E-state index contributed by atoms with van der Waals surface area (Å²) in [5.41, 5.74) is 0. The minimum atomic E-state index is -0.903. The highest BCUT2D eigenvalue weighted by molar-refractivity contribution is 7.18. The first-order chi connectivity index (χ1) is 8.50. The molecule has 0 aliphatic carbocycles. The number of anilines is 1. The Morgan fingerprint density at radius 1 is 1.72 bits per heavy atom. The predicted octanol–water partition coefficient (Wildman–Crippen LogP) is 1.74. The fourth-order valence-corrected chi connectivity index (χ4v) is 3.05. The van der Waals surface area contributed by atoms with Gasteiger partial charge in [-0.25, -0.2) is 9.78 Å². The van der Waals surface area contributed by atoms with Crippen molar-refractivity contribution in [2.24, 2.45) is 5.92 Å². The van der Waals surface area contributed by atoms with Crippen LogP contribution in [0.3, 0.4) is 0 Å². The Balaban J connectivity index is 2.28. The number of nitro groups is 1. The maximum absolute atomic E-state index is 11.3. The molecule has 1 aliphatic rings. The number of aromatic nitrogens is 1. The molecule has 2 unspecified atom stereocenters. The van der Waals surface area contributed by atoms with E-state index >= 15 is 0 Å². The molecule has 1 fully saturated rings. The lowest BCUT2D eigenvalue weighted by atomic mass is 9.91. The molecule has 1 aliphatic heterocycles. The molecule has 0 amide bonds. The molecule has 2 atom stereocenters. The van der Waals surface area contributed by atoms with E-state index in [-0.39, 0.29) is 10.9 Å². The SMILES string of the molecule is CC1CCCN(c2ncc([N+](=O)[O-])s2)C1C(=O)O. The van der Waals surface area contributed by atoms with Crippen LogP contribution in [-0.4, -0.2) is 33.6 Å². The second-order valence-electron chi connectivity index (χ2n) is 4.33. The third-order valence-electron chi connectivity index (χ3n) is 3.09. The summed E-state index contributed by atoms with van der Waals surface area (Å²) in [7, 11) is 0. The molecule has 1 N–H and O–H groups in total. The zero-order chi connectivity index (χ0) is 13.3. The number of hydrogen-bond acceptors (Lipinski definition) is 6. The summed E-state index contributed by atoms with van der Waals surface area (Å²) in [6.45, 7) is 2.46. The topological polar surface area (TPSA) is 96.6 Å². The van der Waals surface area contributed by atoms with E-state index in [2.05, 4.69) is 4.98 Å². The molecule has 1 saturated heterocycles. The Labute approximate surface area is 107 Å². The van der Waals surface area contributed by atoms with Crippen LogP contribution < -0.4 is 4.90 Å². The smallest absolute Gasteiger partial charge is 0.345 e. The van der Waals surface area contributed by atoms with Crippen LogP contribution in [0.5, 0.6) is 0 Å². The molecule has 0 saturated carbocycles. The maximum Gasteiger partial charge on any atom is 0.345 e. The van der Waals surface area contributed by atoms with Gasteiger partial charge in [-0.3, -0.25) is 10.1 Å². The molecule has 0 spiro atoms. The zero-order valence-corrected chi connectivity index (χ0v) is 10.6. The summed E-state index contributed by atoms with van der Waals surface area (Å²) in [5, 5.41) is 20.2. The van der Waals surface area contributed by atoms with Crippen molar-refractivity contribution >= 4 is 27.4 Å². The number of hydrogen-bond donors (Lipinski definition) is 1. The van der Waals surface area contributed by atoms with Crippen LogP contribution in [0, 0.1) is 16.0 Å². The Hall–Kier alpha value is -1.70. The fraction of sp³-hybridized carbons (Fsp3) is 0.600. The lowest BCUT2D eigenvalue weighted by Crippen LogP contribution is -2.49. The summed E-state index contributed by atoms with van der Waals surface area (Å²) >= 11 is 0.923. The third-order valence-corrected chi connectivity index (χ3v) is 4.08. The summed E-state index contributed by atoms with van der Waals surface area (Å²) in [5.74, 6) is -0.890. The lowest BCUT2D eigenvalue weighted by molar-refractivity contribution is -0.380. The number of carbonyl (C=O) groups is 1. The van der Waals surface area contributed by atoms with Gasteiger partial charge in [0.25, 0.3) is 0 Å². The van der Waals surface area contributed by atoms with E-state index in [1.165, 1.54) is 6.20 Å². The molecular formula is C10H13N3O4S. The highest BCUT2D eigenvalue weighted by atomic mass is 32.1. The first-order valence-corrected chi connectivity index (χ1v) is 6.42. The number of carboxylic acid groups (broad SMARTS) is 1. The number of nitrogens with zero attached hydrogens (tertiary/aromatic N) is 3. The molecule has 0 radical (unpaired) electrons. The van der Waals surface area contributed by atoms with Crippen LogP contribution >= 0.6 is 11.3 Å². The van der Waals surface area contributed by atoms with E-state index in [1.807, 2.05) is 6.92 Å². The van der Waals surface area contributed by atoms with Gasteiger partial charge in [-0.1, -0.05) is 6.92 Å². The molecule has 7 nitrogen and oxygen atoms in total. The molecule has 1 aromatic heterocycles. The van der Waals surface area contributed by atoms with Gasteiger partial charge in [0.05, 0.1) is 4.92 Å². The molecular weight excluding hydrogens is 258 g/mol. The van der Waals surface area contributed by atoms with Gasteiger partial charge in [0.1, 0.15) is 12.2 Å². The molecule has 0 bridgehead atoms. The van der Waals surface area contributed by atoms with Crippen LogP contribution in [0.15, 0.2) is 6.20 Å². The van der Waals surface area contributed by atoms with Crippen LogP contribution in [0.4, 0.5) is 10.1 Å². The van der Waals surface area contributed by atoms with E-state index in [1.54, 1.807) is 4.90 Å². The van der Waals surface area contributed by atoms with E-state index in [4.69, 9.17) is 0 Å². The van der Waals surface area contributed by atoms with E-state index in [9.17, 15) is 20.0 Å². The first kappa shape index (κ1) is 12.7. The molecule has 0 aromatic carbocycles. The van der Waals surface area contributed by atoms with Crippen LogP contribution in [0.25, 0.3) is 0 Å². The summed E-state index contributed by atoms with van der Waals surface area (Å²) in [4.78, 5) is 27.0. The van der Waals surface area contributed by atoms with Gasteiger partial charge in [0.15, 0.2) is 5.13 Å². The monoisotopic (exact) mass is 271 g/mol. The number of rotatable bonds is 3. The Bertz CT molecular complexity index is 475. The van der Waals surface area contributed by atoms with Gasteiger partial charge in [0.2, 0.25) is 0 Å². The van der Waals surface area contributed by atoms with Crippen LogP contribution in [-0.2, 0) is 4.79 Å². The number of thiazole rings is 1. The molecule has 2 rings (SSSR count). The Kier molecular flexibility index (Phi) is 3.46. The van der Waals surface area contributed by atoms with Crippen molar-refractivity contribution in [2.45, 2.75) is 25.8 Å². The first-order valence-electron chi connectivity index (χ1n) is 5.60. The van der Waals surface area contributed by atoms with Gasteiger partial charge in [-0.2, -0.15) is 0 Å². The third kappa shape index (κ3) is 2.28. The van der Waals surface area contributed by atoms with Crippen molar-refractivity contribution in [1.29, 1.82) is 0 Å². The van der Waals surface area contributed by atoms with Crippen molar-refractivity contribution in [2.75, 3.05) is 11.4 Å². The minimum absolute atomic E-state index is 0.0132.